The van der Waals surface area contributed by atoms with Crippen LogP contribution in [0.5, 0.6) is 5.88 Å². The van der Waals surface area contributed by atoms with Crippen molar-refractivity contribution in [2.75, 3.05) is 32.5 Å². The van der Waals surface area contributed by atoms with E-state index in [4.69, 9.17) is 4.74 Å². The lowest BCUT2D eigenvalue weighted by molar-refractivity contribution is 0.322. The smallest absolute Gasteiger partial charge is 0.218 e. The number of aromatic nitrogens is 1. The van der Waals surface area contributed by atoms with E-state index in [1.54, 1.807) is 6.20 Å². The molecule has 0 bridgehead atoms. The minimum Gasteiger partial charge on any atom is -0.478 e. The molecule has 1 fully saturated rings. The number of nitrogens with zero attached hydrogens (tertiary/aromatic N) is 3. The Balaban J connectivity index is 1.97. The zero-order chi connectivity index (χ0) is 15.8. The van der Waals surface area contributed by atoms with E-state index in [1.807, 2.05) is 26.1 Å². The van der Waals surface area contributed by atoms with Crippen molar-refractivity contribution in [2.45, 2.75) is 32.1 Å². The van der Waals surface area contributed by atoms with Crippen LogP contribution in [-0.4, -0.2) is 53.6 Å². The molecule has 1 unspecified atom stereocenters. The number of ether oxygens (including phenoxy) is 1. The molecule has 5 nitrogen and oxygen atoms in total. The predicted molar refractivity (Wildman–Crippen MR) is 93.7 cm³/mol. The monoisotopic (exact) mass is 322 g/mol. The van der Waals surface area contributed by atoms with E-state index >= 15 is 0 Å². The predicted octanol–water partition coefficient (Wildman–Crippen LogP) is 2.38. The fraction of sp³-hybridized carbons (Fsp3) is 0.625. The number of guanidine groups is 1. The summed E-state index contributed by atoms with van der Waals surface area (Å²) in [4.78, 5) is 11.1. The lowest BCUT2D eigenvalue weighted by atomic mass is 10.2. The molecule has 1 aliphatic rings. The first-order valence-corrected chi connectivity index (χ1v) is 8.97. The summed E-state index contributed by atoms with van der Waals surface area (Å²) in [6, 6.07) is 3.98. The normalized spacial score (nSPS) is 19.1. The summed E-state index contributed by atoms with van der Waals surface area (Å²) in [6.45, 7) is 7.64. The summed E-state index contributed by atoms with van der Waals surface area (Å²) in [7, 11) is 1.84. The first-order chi connectivity index (χ1) is 10.8. The fourth-order valence-electron chi connectivity index (χ4n) is 2.49. The minimum atomic E-state index is 0.625. The summed E-state index contributed by atoms with van der Waals surface area (Å²) >= 11 is 2.06. The first-order valence-electron chi connectivity index (χ1n) is 7.92. The Hall–Kier alpha value is -1.43. The van der Waals surface area contributed by atoms with Gasteiger partial charge in [0, 0.05) is 49.4 Å². The summed E-state index contributed by atoms with van der Waals surface area (Å²) in [5.74, 6) is 2.83. The molecule has 1 saturated heterocycles. The van der Waals surface area contributed by atoms with E-state index in [1.165, 1.54) is 6.42 Å². The highest BCUT2D eigenvalue weighted by Gasteiger charge is 2.21. The van der Waals surface area contributed by atoms with E-state index in [0.717, 1.165) is 30.4 Å². The lowest BCUT2D eigenvalue weighted by Crippen LogP contribution is -2.47. The van der Waals surface area contributed by atoms with Crippen molar-refractivity contribution in [3.05, 3.63) is 23.9 Å². The first kappa shape index (κ1) is 16.9. The van der Waals surface area contributed by atoms with Crippen LogP contribution in [0.1, 0.15) is 25.8 Å². The maximum atomic E-state index is 5.57. The number of hydrogen-bond donors (Lipinski definition) is 1. The van der Waals surface area contributed by atoms with Gasteiger partial charge < -0.3 is 15.0 Å². The standard InChI is InChI=1S/C16H26N4OS/c1-4-14-12-20(9-10-22-14)16(17-3)19-11-13-7-6-8-18-15(13)21-5-2/h6-8,14H,4-5,9-12H2,1-3H3,(H,17,19). The van der Waals surface area contributed by atoms with Gasteiger partial charge in [0.1, 0.15) is 0 Å². The average molecular weight is 322 g/mol. The van der Waals surface area contributed by atoms with E-state index < -0.39 is 0 Å². The van der Waals surface area contributed by atoms with Crippen LogP contribution in [0, 0.1) is 0 Å². The molecule has 1 N–H and O–H groups in total. The fourth-order valence-corrected chi connectivity index (χ4v) is 3.67. The molecule has 0 radical (unpaired) electrons. The van der Waals surface area contributed by atoms with Crippen LogP contribution in [0.25, 0.3) is 0 Å². The van der Waals surface area contributed by atoms with E-state index in [9.17, 15) is 0 Å². The molecule has 0 aliphatic carbocycles. The maximum Gasteiger partial charge on any atom is 0.218 e. The van der Waals surface area contributed by atoms with Crippen molar-refractivity contribution in [3.63, 3.8) is 0 Å². The Morgan fingerprint density at radius 3 is 3.14 bits per heavy atom. The number of hydrogen-bond acceptors (Lipinski definition) is 4. The van der Waals surface area contributed by atoms with Crippen LogP contribution in [0.3, 0.4) is 0 Å². The lowest BCUT2D eigenvalue weighted by Gasteiger charge is -2.34. The Morgan fingerprint density at radius 1 is 1.55 bits per heavy atom. The van der Waals surface area contributed by atoms with Gasteiger partial charge >= 0.3 is 0 Å². The van der Waals surface area contributed by atoms with Crippen molar-refractivity contribution in [3.8, 4) is 5.88 Å². The SMILES string of the molecule is CCOc1ncccc1CNC(=NC)N1CCSC(CC)C1. The van der Waals surface area contributed by atoms with Crippen LogP contribution in [0.4, 0.5) is 0 Å². The topological polar surface area (TPSA) is 49.8 Å². The van der Waals surface area contributed by atoms with E-state index in [2.05, 4.69) is 38.9 Å². The van der Waals surface area contributed by atoms with Crippen LogP contribution in [-0.2, 0) is 6.54 Å². The van der Waals surface area contributed by atoms with Crippen LogP contribution >= 0.6 is 11.8 Å². The second-order valence-electron chi connectivity index (χ2n) is 5.15. The summed E-state index contributed by atoms with van der Waals surface area (Å²) in [6.07, 6.45) is 2.96. The number of pyridine rings is 1. The van der Waals surface area contributed by atoms with Crippen molar-refractivity contribution in [1.29, 1.82) is 0 Å². The van der Waals surface area contributed by atoms with Crippen molar-refractivity contribution >= 4 is 17.7 Å². The van der Waals surface area contributed by atoms with Crippen molar-refractivity contribution < 1.29 is 4.74 Å². The third kappa shape index (κ3) is 4.53. The molecule has 0 saturated carbocycles. The van der Waals surface area contributed by atoms with E-state index in [0.29, 0.717) is 24.3 Å². The van der Waals surface area contributed by atoms with Crippen LogP contribution < -0.4 is 10.1 Å². The largest absolute Gasteiger partial charge is 0.478 e. The zero-order valence-corrected chi connectivity index (χ0v) is 14.5. The molecule has 6 heteroatoms. The molecule has 1 aliphatic heterocycles. The Kier molecular flexibility index (Phi) is 6.83. The van der Waals surface area contributed by atoms with Gasteiger partial charge in [-0.05, 0) is 19.4 Å². The zero-order valence-electron chi connectivity index (χ0n) is 13.7. The molecular formula is C16H26N4OS. The van der Waals surface area contributed by atoms with Gasteiger partial charge in [0.2, 0.25) is 5.88 Å². The van der Waals surface area contributed by atoms with Gasteiger partial charge in [-0.2, -0.15) is 11.8 Å². The van der Waals surface area contributed by atoms with Gasteiger partial charge in [-0.15, -0.1) is 0 Å². The second-order valence-corrected chi connectivity index (χ2v) is 6.56. The molecule has 1 aromatic rings. The molecule has 0 amide bonds. The Morgan fingerprint density at radius 2 is 2.41 bits per heavy atom. The molecule has 2 rings (SSSR count). The van der Waals surface area contributed by atoms with E-state index in [-0.39, 0.29) is 0 Å². The molecule has 1 atom stereocenters. The molecule has 1 aromatic heterocycles. The van der Waals surface area contributed by atoms with Gasteiger partial charge in [-0.25, -0.2) is 4.98 Å². The summed E-state index contributed by atoms with van der Waals surface area (Å²) < 4.78 is 5.57. The summed E-state index contributed by atoms with van der Waals surface area (Å²) in [5.41, 5.74) is 1.06. The second kappa shape index (κ2) is 8.88. The highest BCUT2D eigenvalue weighted by Crippen LogP contribution is 2.21. The molecule has 0 aromatic carbocycles. The molecule has 122 valence electrons. The van der Waals surface area contributed by atoms with Gasteiger partial charge in [0.25, 0.3) is 0 Å². The van der Waals surface area contributed by atoms with Crippen LogP contribution in [0.2, 0.25) is 0 Å². The number of rotatable bonds is 5. The minimum absolute atomic E-state index is 0.625. The van der Waals surface area contributed by atoms with Gasteiger partial charge in [0.05, 0.1) is 6.61 Å². The van der Waals surface area contributed by atoms with Gasteiger partial charge in [0.15, 0.2) is 5.96 Å². The third-order valence-corrected chi connectivity index (χ3v) is 5.05. The quantitative estimate of drug-likeness (QED) is 0.666. The maximum absolute atomic E-state index is 5.57. The summed E-state index contributed by atoms with van der Waals surface area (Å²) in [5, 5.41) is 4.14. The van der Waals surface area contributed by atoms with Gasteiger partial charge in [-0.1, -0.05) is 13.0 Å². The Bertz CT molecular complexity index is 495. The highest BCUT2D eigenvalue weighted by molar-refractivity contribution is 8.00. The third-order valence-electron chi connectivity index (χ3n) is 3.67. The Labute approximate surface area is 137 Å². The van der Waals surface area contributed by atoms with Crippen molar-refractivity contribution in [2.24, 2.45) is 4.99 Å². The number of aliphatic imine (C=N–C) groups is 1. The highest BCUT2D eigenvalue weighted by atomic mass is 32.2. The molecular weight excluding hydrogens is 296 g/mol. The van der Waals surface area contributed by atoms with Crippen molar-refractivity contribution in [1.82, 2.24) is 15.2 Å². The van der Waals surface area contributed by atoms with Gasteiger partial charge in [-0.3, -0.25) is 4.99 Å². The number of thioether (sulfide) groups is 1. The average Bonchev–Trinajstić information content (AvgIpc) is 2.57. The van der Waals surface area contributed by atoms with Crippen LogP contribution in [0.15, 0.2) is 23.3 Å². The molecule has 22 heavy (non-hydrogen) atoms. The molecule has 2 heterocycles. The number of nitrogens with one attached hydrogen (secondary N) is 1. The molecule has 0 spiro atoms.